The van der Waals surface area contributed by atoms with Crippen LogP contribution < -0.4 is 0 Å². The number of aryl methyl sites for hydroxylation is 1. The van der Waals surface area contributed by atoms with E-state index in [9.17, 15) is 5.11 Å². The minimum absolute atomic E-state index is 0.220. The van der Waals surface area contributed by atoms with Crippen molar-refractivity contribution in [1.29, 1.82) is 0 Å². The molecule has 5 heteroatoms. The van der Waals surface area contributed by atoms with Crippen molar-refractivity contribution >= 4 is 22.5 Å². The summed E-state index contributed by atoms with van der Waals surface area (Å²) in [5.41, 5.74) is 7.10. The maximum atomic E-state index is 10.2. The maximum Gasteiger partial charge on any atom is 0.0854 e. The molecule has 4 nitrogen and oxygen atoms in total. The molecule has 0 radical (unpaired) electrons. The fourth-order valence-electron chi connectivity index (χ4n) is 4.23. The highest BCUT2D eigenvalue weighted by molar-refractivity contribution is 6.18. The summed E-state index contributed by atoms with van der Waals surface area (Å²) in [6.45, 7) is 0.481. The number of aromatic nitrogens is 3. The van der Waals surface area contributed by atoms with E-state index in [4.69, 9.17) is 16.7 Å². The Kier molecular flexibility index (Phi) is 4.03. The average molecular weight is 378 g/mol. The molecule has 5 rings (SSSR count). The van der Waals surface area contributed by atoms with Crippen LogP contribution in [0.2, 0.25) is 0 Å². The van der Waals surface area contributed by atoms with Crippen molar-refractivity contribution in [3.05, 3.63) is 72.1 Å². The van der Waals surface area contributed by atoms with Crippen LogP contribution in [0.25, 0.3) is 27.8 Å². The number of aliphatic hydroxyl groups is 1. The summed E-state index contributed by atoms with van der Waals surface area (Å²) in [4.78, 5) is 0. The first-order valence-corrected chi connectivity index (χ1v) is 9.78. The van der Waals surface area contributed by atoms with Crippen LogP contribution in [0.4, 0.5) is 0 Å². The molecule has 1 atom stereocenters. The van der Waals surface area contributed by atoms with Crippen LogP contribution in [0.3, 0.4) is 0 Å². The molecule has 0 spiro atoms. The zero-order valence-electron chi connectivity index (χ0n) is 14.8. The van der Waals surface area contributed by atoms with E-state index < -0.39 is 6.10 Å². The Balaban J connectivity index is 1.74. The predicted molar refractivity (Wildman–Crippen MR) is 109 cm³/mol. The second kappa shape index (κ2) is 6.55. The predicted octanol–water partition coefficient (Wildman–Crippen LogP) is 4.19. The molecule has 0 bridgehead atoms. The van der Waals surface area contributed by atoms with Gasteiger partial charge >= 0.3 is 0 Å². The van der Waals surface area contributed by atoms with E-state index in [1.54, 1.807) is 0 Å². The lowest BCUT2D eigenvalue weighted by Crippen LogP contribution is -2.19. The van der Waals surface area contributed by atoms with Gasteiger partial charge in [0.05, 0.1) is 41.8 Å². The quantitative estimate of drug-likeness (QED) is 0.542. The van der Waals surface area contributed by atoms with Crippen molar-refractivity contribution in [3.63, 3.8) is 0 Å². The van der Waals surface area contributed by atoms with Crippen LogP contribution in [-0.2, 0) is 19.4 Å². The summed E-state index contributed by atoms with van der Waals surface area (Å²) in [7, 11) is 0. The largest absolute Gasteiger partial charge is 0.390 e. The number of fused-ring (bicyclic) bond motifs is 5. The normalized spacial score (nSPS) is 14.1. The van der Waals surface area contributed by atoms with E-state index >= 15 is 0 Å². The lowest BCUT2D eigenvalue weighted by atomic mass is 9.93. The summed E-state index contributed by atoms with van der Waals surface area (Å²) in [6.07, 6.45) is 3.29. The molecule has 0 saturated carbocycles. The van der Waals surface area contributed by atoms with Crippen LogP contribution in [0.15, 0.2) is 60.8 Å². The van der Waals surface area contributed by atoms with Crippen molar-refractivity contribution < 1.29 is 5.11 Å². The van der Waals surface area contributed by atoms with Gasteiger partial charge in [0.15, 0.2) is 0 Å². The summed E-state index contributed by atoms with van der Waals surface area (Å²) < 4.78 is 4.25. The van der Waals surface area contributed by atoms with Gasteiger partial charge in [-0.1, -0.05) is 36.4 Å². The van der Waals surface area contributed by atoms with Crippen LogP contribution in [0.5, 0.6) is 0 Å². The average Bonchev–Trinajstić information content (AvgIpc) is 3.28. The number of rotatable bonds is 4. The molecule has 2 aromatic heterocycles. The molecule has 0 aliphatic heterocycles. The number of benzene rings is 2. The standard InChI is InChI=1S/C22H20ClN3O/c23-12-16(27)14-25-20-9-5-4-8-17(20)18-10-11-21-19(22(18)25)13-24-26(21)15-6-2-1-3-7-15/h1-9,13,16,27H,10-12,14H2. The van der Waals surface area contributed by atoms with Gasteiger partial charge in [-0.3, -0.25) is 0 Å². The molecular formula is C22H20ClN3O. The molecule has 2 heterocycles. The van der Waals surface area contributed by atoms with Crippen molar-refractivity contribution in [2.75, 3.05) is 5.88 Å². The van der Waals surface area contributed by atoms with Crippen LogP contribution >= 0.6 is 11.6 Å². The van der Waals surface area contributed by atoms with E-state index in [0.717, 1.165) is 29.6 Å². The Morgan fingerprint density at radius 3 is 2.63 bits per heavy atom. The Labute approximate surface area is 162 Å². The number of nitrogens with zero attached hydrogens (tertiary/aromatic N) is 3. The Bertz CT molecular complexity index is 1110. The van der Waals surface area contributed by atoms with Gasteiger partial charge in [-0.2, -0.15) is 5.10 Å². The molecular weight excluding hydrogens is 358 g/mol. The molecule has 1 aliphatic rings. The van der Waals surface area contributed by atoms with Gasteiger partial charge in [0, 0.05) is 16.5 Å². The molecule has 1 aliphatic carbocycles. The van der Waals surface area contributed by atoms with Crippen LogP contribution in [0.1, 0.15) is 11.3 Å². The van der Waals surface area contributed by atoms with Crippen LogP contribution in [0, 0.1) is 0 Å². The molecule has 27 heavy (non-hydrogen) atoms. The lowest BCUT2D eigenvalue weighted by molar-refractivity contribution is 0.179. The highest BCUT2D eigenvalue weighted by atomic mass is 35.5. The molecule has 0 amide bonds. The minimum atomic E-state index is -0.582. The smallest absolute Gasteiger partial charge is 0.0854 e. The van der Waals surface area contributed by atoms with Gasteiger partial charge in [0.25, 0.3) is 0 Å². The third-order valence-electron chi connectivity index (χ3n) is 5.38. The maximum absolute atomic E-state index is 10.2. The van der Waals surface area contributed by atoms with Gasteiger partial charge in [-0.25, -0.2) is 4.68 Å². The van der Waals surface area contributed by atoms with Gasteiger partial charge in [-0.15, -0.1) is 11.6 Å². The SMILES string of the molecule is OC(CCl)Cn1c2c(c3ccccc31)CCc1c-2cnn1-c1ccccc1. The molecule has 136 valence electrons. The van der Waals surface area contributed by atoms with Gasteiger partial charge in [0.1, 0.15) is 0 Å². The topological polar surface area (TPSA) is 43.0 Å². The first-order chi connectivity index (χ1) is 13.3. The zero-order valence-corrected chi connectivity index (χ0v) is 15.6. The first kappa shape index (κ1) is 16.6. The number of aliphatic hydroxyl groups excluding tert-OH is 1. The zero-order chi connectivity index (χ0) is 18.4. The molecule has 1 N–H and O–H groups in total. The van der Waals surface area contributed by atoms with E-state index in [1.165, 1.54) is 22.3 Å². The monoisotopic (exact) mass is 377 g/mol. The summed E-state index contributed by atoms with van der Waals surface area (Å²) in [5.74, 6) is 0.220. The van der Waals surface area contributed by atoms with E-state index in [0.29, 0.717) is 6.54 Å². The highest BCUT2D eigenvalue weighted by Crippen LogP contribution is 2.40. The van der Waals surface area contributed by atoms with E-state index in [1.807, 2.05) is 35.1 Å². The van der Waals surface area contributed by atoms with Gasteiger partial charge in [-0.05, 0) is 36.6 Å². The number of hydrogen-bond donors (Lipinski definition) is 1. The van der Waals surface area contributed by atoms with Crippen molar-refractivity contribution in [2.24, 2.45) is 0 Å². The molecule has 0 fully saturated rings. The van der Waals surface area contributed by atoms with E-state index in [-0.39, 0.29) is 5.88 Å². The number of halogens is 1. The van der Waals surface area contributed by atoms with Gasteiger partial charge in [0.2, 0.25) is 0 Å². The van der Waals surface area contributed by atoms with Crippen LogP contribution in [-0.4, -0.2) is 31.4 Å². The van der Waals surface area contributed by atoms with Gasteiger partial charge < -0.3 is 9.67 Å². The minimum Gasteiger partial charge on any atom is -0.390 e. The van der Waals surface area contributed by atoms with E-state index in [2.05, 4.69) is 34.9 Å². The summed E-state index contributed by atoms with van der Waals surface area (Å²) in [5, 5.41) is 16.2. The third-order valence-corrected chi connectivity index (χ3v) is 5.74. The highest BCUT2D eigenvalue weighted by Gasteiger charge is 2.28. The molecule has 0 saturated heterocycles. The number of para-hydroxylation sites is 2. The Hall–Kier alpha value is -2.56. The lowest BCUT2D eigenvalue weighted by Gasteiger charge is -2.19. The Morgan fingerprint density at radius 2 is 1.81 bits per heavy atom. The molecule has 4 aromatic rings. The molecule has 1 unspecified atom stereocenters. The van der Waals surface area contributed by atoms with Crippen molar-refractivity contribution in [1.82, 2.24) is 14.3 Å². The number of alkyl halides is 1. The fourth-order valence-corrected chi connectivity index (χ4v) is 4.33. The summed E-state index contributed by atoms with van der Waals surface area (Å²) in [6, 6.07) is 18.7. The second-order valence-electron chi connectivity index (χ2n) is 7.02. The third kappa shape index (κ3) is 2.59. The summed E-state index contributed by atoms with van der Waals surface area (Å²) >= 11 is 5.91. The van der Waals surface area contributed by atoms with Crippen molar-refractivity contribution in [3.8, 4) is 16.9 Å². The van der Waals surface area contributed by atoms with Crippen molar-refractivity contribution in [2.45, 2.75) is 25.5 Å². The fraction of sp³-hybridized carbons (Fsp3) is 0.227. The molecule has 2 aromatic carbocycles. The first-order valence-electron chi connectivity index (χ1n) is 9.24. The Morgan fingerprint density at radius 1 is 1.04 bits per heavy atom. The second-order valence-corrected chi connectivity index (χ2v) is 7.32. The number of hydrogen-bond acceptors (Lipinski definition) is 2.